The molecule has 142 valence electrons. The number of nitro benzene ring substituents is 1. The number of nitro groups is 1. The Morgan fingerprint density at radius 1 is 1.24 bits per heavy atom. The molecular formula is C17H29N3O4S. The van der Waals surface area contributed by atoms with Crippen LogP contribution in [-0.4, -0.2) is 50.2 Å². The van der Waals surface area contributed by atoms with Gasteiger partial charge in [0.05, 0.1) is 9.82 Å². The highest BCUT2D eigenvalue weighted by Crippen LogP contribution is 2.28. The van der Waals surface area contributed by atoms with Crippen LogP contribution in [0, 0.1) is 16.0 Å². The second kappa shape index (κ2) is 9.15. The Balaban J connectivity index is 3.05. The first-order valence-corrected chi connectivity index (χ1v) is 10.5. The lowest BCUT2D eigenvalue weighted by atomic mass is 10.0. The number of nitrogens with zero attached hydrogens (tertiary/aromatic N) is 2. The second-order valence-electron chi connectivity index (χ2n) is 6.59. The highest BCUT2D eigenvalue weighted by atomic mass is 32.2. The minimum absolute atomic E-state index is 0.0489. The standard InChI is InChI=1S/C17H29N3O4S/c1-6-19(7-2)14(10-13(3)4)12-18-16-9-8-15(25(5,23)24)11-17(16)20(21)22/h8-9,11,13-14,18H,6-7,10,12H2,1-5H3/t14-/m1/s1. The van der Waals surface area contributed by atoms with E-state index in [9.17, 15) is 18.5 Å². The smallest absolute Gasteiger partial charge is 0.293 e. The third kappa shape index (κ3) is 6.28. The van der Waals surface area contributed by atoms with E-state index >= 15 is 0 Å². The number of likely N-dealkylation sites (N-methyl/N-ethyl adjacent to an activating group) is 1. The summed E-state index contributed by atoms with van der Waals surface area (Å²) in [5.74, 6) is 0.509. The van der Waals surface area contributed by atoms with Crippen molar-refractivity contribution < 1.29 is 13.3 Å². The molecular weight excluding hydrogens is 342 g/mol. The van der Waals surface area contributed by atoms with E-state index in [1.165, 1.54) is 12.1 Å². The Morgan fingerprint density at radius 3 is 2.28 bits per heavy atom. The summed E-state index contributed by atoms with van der Waals surface area (Å²) in [5.41, 5.74) is 0.129. The zero-order valence-electron chi connectivity index (χ0n) is 15.7. The van der Waals surface area contributed by atoms with Gasteiger partial charge in [-0.2, -0.15) is 0 Å². The van der Waals surface area contributed by atoms with Gasteiger partial charge in [0.1, 0.15) is 5.69 Å². The predicted octanol–water partition coefficient (Wildman–Crippen LogP) is 3.17. The molecule has 0 unspecified atom stereocenters. The molecule has 25 heavy (non-hydrogen) atoms. The zero-order chi connectivity index (χ0) is 19.2. The summed E-state index contributed by atoms with van der Waals surface area (Å²) in [4.78, 5) is 13.1. The van der Waals surface area contributed by atoms with Gasteiger partial charge in [-0.15, -0.1) is 0 Å². The van der Waals surface area contributed by atoms with Crippen molar-refractivity contribution >= 4 is 21.2 Å². The highest BCUT2D eigenvalue weighted by molar-refractivity contribution is 7.90. The molecule has 0 aliphatic carbocycles. The molecule has 1 rings (SSSR count). The Kier molecular flexibility index (Phi) is 7.82. The lowest BCUT2D eigenvalue weighted by molar-refractivity contribution is -0.384. The number of anilines is 1. The molecule has 7 nitrogen and oxygen atoms in total. The lowest BCUT2D eigenvalue weighted by Gasteiger charge is -2.31. The van der Waals surface area contributed by atoms with Crippen LogP contribution in [0.3, 0.4) is 0 Å². The van der Waals surface area contributed by atoms with Gasteiger partial charge in [-0.1, -0.05) is 27.7 Å². The van der Waals surface area contributed by atoms with E-state index in [1.54, 1.807) is 0 Å². The first-order chi connectivity index (χ1) is 11.6. The summed E-state index contributed by atoms with van der Waals surface area (Å²) in [5, 5.41) is 14.5. The molecule has 0 aliphatic heterocycles. The average Bonchev–Trinajstić information content (AvgIpc) is 2.51. The third-order valence-electron chi connectivity index (χ3n) is 4.19. The predicted molar refractivity (Wildman–Crippen MR) is 101 cm³/mol. The minimum atomic E-state index is -3.48. The van der Waals surface area contributed by atoms with Crippen LogP contribution in [0.4, 0.5) is 11.4 Å². The Hall–Kier alpha value is -1.67. The van der Waals surface area contributed by atoms with E-state index in [-0.39, 0.29) is 16.6 Å². The quantitative estimate of drug-likeness (QED) is 0.502. The molecule has 0 heterocycles. The van der Waals surface area contributed by atoms with Crippen molar-refractivity contribution in [2.75, 3.05) is 31.2 Å². The molecule has 1 atom stereocenters. The molecule has 0 saturated carbocycles. The number of benzene rings is 1. The average molecular weight is 372 g/mol. The normalized spacial score (nSPS) is 13.2. The van der Waals surface area contributed by atoms with Crippen molar-refractivity contribution in [2.45, 2.75) is 45.1 Å². The highest BCUT2D eigenvalue weighted by Gasteiger charge is 2.21. The van der Waals surface area contributed by atoms with Crippen LogP contribution in [0.25, 0.3) is 0 Å². The van der Waals surface area contributed by atoms with E-state index in [0.29, 0.717) is 18.2 Å². The van der Waals surface area contributed by atoms with Gasteiger partial charge in [-0.25, -0.2) is 8.42 Å². The lowest BCUT2D eigenvalue weighted by Crippen LogP contribution is -2.40. The summed E-state index contributed by atoms with van der Waals surface area (Å²) in [6, 6.07) is 4.25. The largest absolute Gasteiger partial charge is 0.378 e. The summed E-state index contributed by atoms with van der Waals surface area (Å²) < 4.78 is 23.2. The molecule has 0 bridgehead atoms. The molecule has 0 fully saturated rings. The number of rotatable bonds is 10. The van der Waals surface area contributed by atoms with Gasteiger partial charge >= 0.3 is 0 Å². The van der Waals surface area contributed by atoms with Crippen molar-refractivity contribution in [1.82, 2.24) is 4.90 Å². The monoisotopic (exact) mass is 371 g/mol. The van der Waals surface area contributed by atoms with Crippen LogP contribution < -0.4 is 5.32 Å². The van der Waals surface area contributed by atoms with E-state index in [0.717, 1.165) is 31.8 Å². The van der Waals surface area contributed by atoms with Gasteiger partial charge < -0.3 is 5.32 Å². The fourth-order valence-electron chi connectivity index (χ4n) is 2.92. The van der Waals surface area contributed by atoms with Crippen LogP contribution in [0.1, 0.15) is 34.1 Å². The first-order valence-electron chi connectivity index (χ1n) is 8.56. The molecule has 8 heteroatoms. The van der Waals surface area contributed by atoms with Crippen molar-refractivity contribution in [3.8, 4) is 0 Å². The fraction of sp³-hybridized carbons (Fsp3) is 0.647. The summed E-state index contributed by atoms with van der Waals surface area (Å²) in [6.45, 7) is 10.9. The van der Waals surface area contributed by atoms with E-state index in [4.69, 9.17) is 0 Å². The number of sulfone groups is 1. The molecule has 0 saturated heterocycles. The number of nitrogens with one attached hydrogen (secondary N) is 1. The molecule has 1 N–H and O–H groups in total. The Morgan fingerprint density at radius 2 is 1.84 bits per heavy atom. The van der Waals surface area contributed by atoms with Crippen molar-refractivity contribution in [1.29, 1.82) is 0 Å². The van der Waals surface area contributed by atoms with Gasteiger partial charge in [-0.3, -0.25) is 15.0 Å². The van der Waals surface area contributed by atoms with Crippen LogP contribution in [0.2, 0.25) is 0 Å². The van der Waals surface area contributed by atoms with Gasteiger partial charge in [0.25, 0.3) is 5.69 Å². The van der Waals surface area contributed by atoms with Crippen molar-refractivity contribution in [3.63, 3.8) is 0 Å². The number of hydrogen-bond acceptors (Lipinski definition) is 6. The van der Waals surface area contributed by atoms with Crippen LogP contribution in [0.15, 0.2) is 23.1 Å². The maximum atomic E-state index is 11.6. The van der Waals surface area contributed by atoms with Crippen molar-refractivity contribution in [2.24, 2.45) is 5.92 Å². The van der Waals surface area contributed by atoms with Crippen molar-refractivity contribution in [3.05, 3.63) is 28.3 Å². The van der Waals surface area contributed by atoms with E-state index < -0.39 is 14.8 Å². The van der Waals surface area contributed by atoms with E-state index in [1.807, 2.05) is 0 Å². The molecule has 1 aromatic carbocycles. The fourth-order valence-corrected chi connectivity index (χ4v) is 3.56. The SMILES string of the molecule is CCN(CC)[C@@H](CNc1ccc(S(C)(=O)=O)cc1[N+](=O)[O-])CC(C)C. The van der Waals surface area contributed by atoms with Gasteiger partial charge in [0.2, 0.25) is 0 Å². The van der Waals surface area contributed by atoms with Gasteiger partial charge in [-0.05, 0) is 37.6 Å². The van der Waals surface area contributed by atoms with Gasteiger partial charge in [0, 0.05) is 24.9 Å². The molecule has 0 radical (unpaired) electrons. The summed E-state index contributed by atoms with van der Waals surface area (Å²) >= 11 is 0. The maximum Gasteiger partial charge on any atom is 0.293 e. The van der Waals surface area contributed by atoms with Gasteiger partial charge in [0.15, 0.2) is 9.84 Å². The molecule has 0 spiro atoms. The molecule has 1 aromatic rings. The Labute approximate surface area is 150 Å². The van der Waals surface area contributed by atoms with Crippen LogP contribution in [0.5, 0.6) is 0 Å². The second-order valence-corrected chi connectivity index (χ2v) is 8.61. The molecule has 0 aliphatic rings. The van der Waals surface area contributed by atoms with Crippen LogP contribution >= 0.6 is 0 Å². The first kappa shape index (κ1) is 21.4. The molecule has 0 amide bonds. The zero-order valence-corrected chi connectivity index (χ0v) is 16.5. The maximum absolute atomic E-state index is 11.6. The molecule has 0 aromatic heterocycles. The topological polar surface area (TPSA) is 92.6 Å². The summed E-state index contributed by atoms with van der Waals surface area (Å²) in [6.07, 6.45) is 2.02. The Bertz CT molecular complexity index is 685. The minimum Gasteiger partial charge on any atom is -0.378 e. The summed E-state index contributed by atoms with van der Waals surface area (Å²) in [7, 11) is -3.48. The third-order valence-corrected chi connectivity index (χ3v) is 5.30. The number of hydrogen-bond donors (Lipinski definition) is 1. The van der Waals surface area contributed by atoms with Crippen LogP contribution in [-0.2, 0) is 9.84 Å². The van der Waals surface area contributed by atoms with E-state index in [2.05, 4.69) is 37.9 Å².